The van der Waals surface area contributed by atoms with Crippen LogP contribution in [0, 0.1) is 0 Å². The third-order valence-corrected chi connectivity index (χ3v) is 10.2. The number of aliphatic hydroxyl groups excluding tert-OH is 2. The summed E-state index contributed by atoms with van der Waals surface area (Å²) in [5.41, 5.74) is 5.42. The second kappa shape index (κ2) is 14.4. The van der Waals surface area contributed by atoms with Crippen LogP contribution in [0.4, 0.5) is 10.5 Å². The molecule has 2 amide bonds. The van der Waals surface area contributed by atoms with Crippen LogP contribution in [0.1, 0.15) is 93.6 Å². The van der Waals surface area contributed by atoms with Crippen LogP contribution in [0.3, 0.4) is 0 Å². The van der Waals surface area contributed by atoms with E-state index in [2.05, 4.69) is 83.1 Å². The molecule has 11 nitrogen and oxygen atoms in total. The molecule has 1 aliphatic heterocycles. The third-order valence-electron chi connectivity index (χ3n) is 10.2. The highest BCUT2D eigenvalue weighted by Crippen LogP contribution is 2.40. The van der Waals surface area contributed by atoms with Crippen molar-refractivity contribution in [2.45, 2.75) is 83.0 Å². The van der Waals surface area contributed by atoms with Crippen molar-refractivity contribution in [3.05, 3.63) is 88.9 Å². The smallest absolute Gasteiger partial charge is 0.319 e. The van der Waals surface area contributed by atoms with E-state index in [0.29, 0.717) is 25.3 Å². The third kappa shape index (κ3) is 7.60. The van der Waals surface area contributed by atoms with Crippen LogP contribution < -0.4 is 15.4 Å². The molecule has 2 aromatic carbocycles. The van der Waals surface area contributed by atoms with Gasteiger partial charge in [-0.2, -0.15) is 0 Å². The van der Waals surface area contributed by atoms with Crippen molar-refractivity contribution >= 4 is 17.4 Å². The lowest BCUT2D eigenvalue weighted by molar-refractivity contribution is 0.156. The largest absolute Gasteiger partial charge is 0.484 e. The second-order valence-electron chi connectivity index (χ2n) is 14.8. The first-order valence-electron chi connectivity index (χ1n) is 17.5. The van der Waals surface area contributed by atoms with Crippen LogP contribution >= 0.6 is 0 Å². The zero-order valence-electron chi connectivity index (χ0n) is 29.4. The molecule has 0 bridgehead atoms. The highest BCUT2D eigenvalue weighted by Gasteiger charge is 2.40. The van der Waals surface area contributed by atoms with Crippen molar-refractivity contribution in [2.75, 3.05) is 45.2 Å². The fourth-order valence-electron chi connectivity index (χ4n) is 7.30. The predicted molar refractivity (Wildman–Crippen MR) is 191 cm³/mol. The number of anilines is 1. The van der Waals surface area contributed by atoms with Gasteiger partial charge in [0.15, 0.2) is 11.5 Å². The zero-order chi connectivity index (χ0) is 34.8. The number of fused-ring (bicyclic) bond motifs is 2. The number of aromatic nitrogens is 3. The molecule has 3 atom stereocenters. The number of hydrogen-bond acceptors (Lipinski definition) is 8. The van der Waals surface area contributed by atoms with Gasteiger partial charge in [-0.1, -0.05) is 51.1 Å². The quantitative estimate of drug-likeness (QED) is 0.164. The van der Waals surface area contributed by atoms with Crippen LogP contribution in [0.5, 0.6) is 5.75 Å². The summed E-state index contributed by atoms with van der Waals surface area (Å²) in [4.78, 5) is 17.9. The molecule has 0 radical (unpaired) electrons. The van der Waals surface area contributed by atoms with E-state index in [9.17, 15) is 15.0 Å². The summed E-state index contributed by atoms with van der Waals surface area (Å²) in [6.07, 6.45) is 5.48. The van der Waals surface area contributed by atoms with Gasteiger partial charge in [-0.25, -0.2) is 4.79 Å². The Morgan fingerprint density at radius 2 is 1.80 bits per heavy atom. The number of likely N-dealkylation sites (tertiary alicyclic amines) is 1. The first kappa shape index (κ1) is 34.8. The van der Waals surface area contributed by atoms with Crippen molar-refractivity contribution in [1.29, 1.82) is 0 Å². The molecule has 2 aliphatic rings. The normalized spacial score (nSPS) is 21.2. The summed E-state index contributed by atoms with van der Waals surface area (Å²) in [6.45, 7) is 11.2. The monoisotopic (exact) mass is 669 g/mol. The minimum Gasteiger partial charge on any atom is -0.484 e. The number of hydrogen-bond donors (Lipinski definition) is 4. The van der Waals surface area contributed by atoms with Gasteiger partial charge in [0.1, 0.15) is 11.9 Å². The molecule has 11 heteroatoms. The van der Waals surface area contributed by atoms with E-state index in [1.54, 1.807) is 0 Å². The lowest BCUT2D eigenvalue weighted by atomic mass is 9.85. The summed E-state index contributed by atoms with van der Waals surface area (Å²) in [7, 11) is 2.15. The van der Waals surface area contributed by atoms with Crippen molar-refractivity contribution < 1.29 is 19.7 Å². The zero-order valence-corrected chi connectivity index (χ0v) is 29.4. The van der Waals surface area contributed by atoms with E-state index >= 15 is 0 Å². The maximum absolute atomic E-state index is 13.5. The maximum atomic E-state index is 13.5. The van der Waals surface area contributed by atoms with Crippen molar-refractivity contribution in [3.63, 3.8) is 0 Å². The standard InChI is InChI=1S/C38H51N7O4/c1-37(2,3)27-21-26(24-44(17-19-46)18-20-47)22-28(23-27)39-36(48)40-32-12-13-33(31-10-7-6-9-30(31)32)49-29-11-14-34-41-42-35(45(34)25-29)38(4)15-8-16-43(38)5/h6-7,9-11,14,21-23,25,32-33,46-47H,8,12-13,15-20,24H2,1-5H3,(H2,39,40,48)/t32-,33+,38-/m0/s1. The fraction of sp³-hybridized carbons (Fsp3) is 0.500. The van der Waals surface area contributed by atoms with Crippen LogP contribution in [-0.2, 0) is 17.5 Å². The molecule has 4 N–H and O–H groups in total. The Morgan fingerprint density at radius 1 is 1.04 bits per heavy atom. The number of nitrogens with zero attached hydrogens (tertiary/aromatic N) is 5. The van der Waals surface area contributed by atoms with Gasteiger partial charge in [0, 0.05) is 25.3 Å². The average molecular weight is 670 g/mol. The van der Waals surface area contributed by atoms with E-state index in [1.807, 2.05) is 47.5 Å². The molecule has 1 saturated heterocycles. The number of benzene rings is 2. The van der Waals surface area contributed by atoms with Gasteiger partial charge in [0.05, 0.1) is 31.0 Å². The number of ether oxygens (including phenoxy) is 1. The molecule has 2 aromatic heterocycles. The molecule has 0 spiro atoms. The Labute approximate surface area is 289 Å². The minimum absolute atomic E-state index is 0.0107. The molecule has 49 heavy (non-hydrogen) atoms. The topological polar surface area (TPSA) is 127 Å². The molecular formula is C38H51N7O4. The second-order valence-corrected chi connectivity index (χ2v) is 14.8. The minimum atomic E-state index is -0.269. The Morgan fingerprint density at radius 3 is 2.49 bits per heavy atom. The van der Waals surface area contributed by atoms with Crippen molar-refractivity contribution in [2.24, 2.45) is 0 Å². The highest BCUT2D eigenvalue weighted by atomic mass is 16.5. The molecular weight excluding hydrogens is 618 g/mol. The van der Waals surface area contributed by atoms with Gasteiger partial charge in [0.25, 0.3) is 0 Å². The summed E-state index contributed by atoms with van der Waals surface area (Å²) in [5, 5.41) is 34.4. The van der Waals surface area contributed by atoms with Crippen LogP contribution in [-0.4, -0.2) is 80.5 Å². The Balaban J connectivity index is 1.17. The number of amides is 2. The van der Waals surface area contributed by atoms with Gasteiger partial charge in [-0.3, -0.25) is 14.2 Å². The van der Waals surface area contributed by atoms with E-state index in [0.717, 1.165) is 71.7 Å². The summed E-state index contributed by atoms with van der Waals surface area (Å²) in [6, 6.07) is 17.8. The lowest BCUT2D eigenvalue weighted by Gasteiger charge is -2.32. The van der Waals surface area contributed by atoms with Gasteiger partial charge in [-0.15, -0.1) is 10.2 Å². The predicted octanol–water partition coefficient (Wildman–Crippen LogP) is 5.53. The average Bonchev–Trinajstić information content (AvgIpc) is 3.64. The van der Waals surface area contributed by atoms with Crippen LogP contribution in [0.15, 0.2) is 60.8 Å². The van der Waals surface area contributed by atoms with E-state index in [-0.39, 0.29) is 42.3 Å². The van der Waals surface area contributed by atoms with Gasteiger partial charge in [-0.05, 0) is 98.1 Å². The Bertz CT molecular complexity index is 1760. The number of carbonyl (C=O) groups is 1. The molecule has 1 fully saturated rings. The molecule has 3 heterocycles. The van der Waals surface area contributed by atoms with Gasteiger partial charge >= 0.3 is 6.03 Å². The first-order chi connectivity index (χ1) is 23.5. The molecule has 0 unspecified atom stereocenters. The fourth-order valence-corrected chi connectivity index (χ4v) is 7.30. The van der Waals surface area contributed by atoms with Crippen molar-refractivity contribution in [3.8, 4) is 5.75 Å². The van der Waals surface area contributed by atoms with E-state index in [1.165, 1.54) is 0 Å². The molecule has 6 rings (SSSR count). The summed E-state index contributed by atoms with van der Waals surface area (Å²) < 4.78 is 8.72. The number of urea groups is 1. The SMILES string of the molecule is CN1CCC[C@@]1(C)c1nnc2ccc(O[C@@H]3CC[C@H](NC(=O)Nc4cc(CN(CCO)CCO)cc(C(C)(C)C)c4)c4ccccc43)cn12. The number of carbonyl (C=O) groups excluding carboxylic acids is 1. The number of nitrogens with one attached hydrogen (secondary N) is 2. The molecule has 1 aliphatic carbocycles. The summed E-state index contributed by atoms with van der Waals surface area (Å²) >= 11 is 0. The highest BCUT2D eigenvalue weighted by molar-refractivity contribution is 5.89. The van der Waals surface area contributed by atoms with Crippen LogP contribution in [0.25, 0.3) is 5.65 Å². The van der Waals surface area contributed by atoms with Crippen molar-refractivity contribution in [1.82, 2.24) is 29.7 Å². The van der Waals surface area contributed by atoms with Crippen LogP contribution in [0.2, 0.25) is 0 Å². The molecule has 4 aromatic rings. The summed E-state index contributed by atoms with van der Waals surface area (Å²) in [5.74, 6) is 1.69. The number of aliphatic hydroxyl groups is 2. The van der Waals surface area contributed by atoms with E-state index in [4.69, 9.17) is 4.74 Å². The number of rotatable bonds is 11. The molecule has 262 valence electrons. The lowest BCUT2D eigenvalue weighted by Crippen LogP contribution is -2.37. The van der Waals surface area contributed by atoms with E-state index < -0.39 is 0 Å². The molecule has 0 saturated carbocycles. The Kier molecular flexibility index (Phi) is 10.3. The maximum Gasteiger partial charge on any atom is 0.319 e. The Hall–Kier alpha value is -4.03. The van der Waals surface area contributed by atoms with Gasteiger partial charge in [0.2, 0.25) is 0 Å². The number of pyridine rings is 1. The first-order valence-corrected chi connectivity index (χ1v) is 17.5. The van der Waals surface area contributed by atoms with Gasteiger partial charge < -0.3 is 25.6 Å².